The van der Waals surface area contributed by atoms with Crippen molar-refractivity contribution in [1.82, 2.24) is 5.32 Å². The molecule has 0 saturated carbocycles. The lowest BCUT2D eigenvalue weighted by Crippen LogP contribution is -2.22. The van der Waals surface area contributed by atoms with Crippen LogP contribution in [0.15, 0.2) is 45.5 Å². The summed E-state index contributed by atoms with van der Waals surface area (Å²) in [5, 5.41) is 3.44. The quantitative estimate of drug-likeness (QED) is 0.781. The van der Waals surface area contributed by atoms with E-state index in [2.05, 4.69) is 65.1 Å². The third-order valence-electron chi connectivity index (χ3n) is 3.63. The van der Waals surface area contributed by atoms with Crippen molar-refractivity contribution < 1.29 is 4.42 Å². The number of rotatable bonds is 7. The molecule has 0 aliphatic rings. The molecule has 3 nitrogen and oxygen atoms in total. The van der Waals surface area contributed by atoms with Crippen molar-refractivity contribution >= 4 is 21.6 Å². The predicted octanol–water partition coefficient (Wildman–Crippen LogP) is 4.74. The standard InChI is InChI=1S/C17H23BrN2O/c1-4-19-13(3)16-9-8-14(11-17(16)18)20(5-2)12-15-7-6-10-21-15/h6-11,13,19H,4-5,12H2,1-3H3. The van der Waals surface area contributed by atoms with Crippen molar-refractivity contribution in [2.45, 2.75) is 33.4 Å². The lowest BCUT2D eigenvalue weighted by Gasteiger charge is -2.24. The average molecular weight is 351 g/mol. The molecule has 0 spiro atoms. The number of nitrogens with one attached hydrogen (secondary N) is 1. The summed E-state index contributed by atoms with van der Waals surface area (Å²) >= 11 is 3.70. The van der Waals surface area contributed by atoms with Gasteiger partial charge in [-0.1, -0.05) is 28.9 Å². The Balaban J connectivity index is 2.17. The molecule has 1 unspecified atom stereocenters. The molecule has 0 saturated heterocycles. The molecule has 0 radical (unpaired) electrons. The molecule has 114 valence electrons. The number of hydrogen-bond donors (Lipinski definition) is 1. The van der Waals surface area contributed by atoms with Crippen molar-refractivity contribution in [3.63, 3.8) is 0 Å². The van der Waals surface area contributed by atoms with Crippen LogP contribution in [-0.4, -0.2) is 13.1 Å². The van der Waals surface area contributed by atoms with Crippen LogP contribution in [0.25, 0.3) is 0 Å². The maximum Gasteiger partial charge on any atom is 0.123 e. The summed E-state index contributed by atoms with van der Waals surface area (Å²) in [6, 6.07) is 10.9. The number of anilines is 1. The van der Waals surface area contributed by atoms with Crippen LogP contribution in [0.2, 0.25) is 0 Å². The van der Waals surface area contributed by atoms with Crippen LogP contribution in [0.3, 0.4) is 0 Å². The van der Waals surface area contributed by atoms with E-state index in [1.165, 1.54) is 11.3 Å². The fourth-order valence-electron chi connectivity index (χ4n) is 2.46. The summed E-state index contributed by atoms with van der Waals surface area (Å²) in [7, 11) is 0. The number of nitrogens with zero attached hydrogens (tertiary/aromatic N) is 1. The van der Waals surface area contributed by atoms with E-state index >= 15 is 0 Å². The minimum absolute atomic E-state index is 0.346. The molecule has 0 fully saturated rings. The van der Waals surface area contributed by atoms with Crippen molar-refractivity contribution in [3.8, 4) is 0 Å². The monoisotopic (exact) mass is 350 g/mol. The Morgan fingerprint density at radius 3 is 2.67 bits per heavy atom. The van der Waals surface area contributed by atoms with Crippen LogP contribution < -0.4 is 10.2 Å². The smallest absolute Gasteiger partial charge is 0.123 e. The van der Waals surface area contributed by atoms with E-state index in [0.717, 1.165) is 29.9 Å². The fourth-order valence-corrected chi connectivity index (χ4v) is 3.17. The molecular weight excluding hydrogens is 328 g/mol. The van der Waals surface area contributed by atoms with E-state index < -0.39 is 0 Å². The van der Waals surface area contributed by atoms with Gasteiger partial charge in [-0.3, -0.25) is 0 Å². The van der Waals surface area contributed by atoms with Gasteiger partial charge in [-0.25, -0.2) is 0 Å². The van der Waals surface area contributed by atoms with Gasteiger partial charge in [0.15, 0.2) is 0 Å². The predicted molar refractivity (Wildman–Crippen MR) is 91.7 cm³/mol. The zero-order valence-corrected chi connectivity index (χ0v) is 14.5. The molecule has 21 heavy (non-hydrogen) atoms. The Morgan fingerprint density at radius 2 is 2.10 bits per heavy atom. The van der Waals surface area contributed by atoms with Crippen molar-refractivity contribution in [1.29, 1.82) is 0 Å². The second-order valence-electron chi connectivity index (χ2n) is 5.08. The molecular formula is C17H23BrN2O. The van der Waals surface area contributed by atoms with Crippen LogP contribution in [0.1, 0.15) is 38.1 Å². The van der Waals surface area contributed by atoms with Crippen LogP contribution >= 0.6 is 15.9 Å². The van der Waals surface area contributed by atoms with E-state index in [9.17, 15) is 0 Å². The highest BCUT2D eigenvalue weighted by atomic mass is 79.9. The van der Waals surface area contributed by atoms with Gasteiger partial charge in [-0.05, 0) is 50.2 Å². The first-order valence-electron chi connectivity index (χ1n) is 7.45. The summed E-state index contributed by atoms with van der Waals surface area (Å²) in [6.45, 7) is 9.17. The first-order chi connectivity index (χ1) is 10.2. The van der Waals surface area contributed by atoms with Crippen molar-refractivity contribution in [2.24, 2.45) is 0 Å². The Morgan fingerprint density at radius 1 is 1.29 bits per heavy atom. The number of hydrogen-bond acceptors (Lipinski definition) is 3. The van der Waals surface area contributed by atoms with Gasteiger partial charge in [0.1, 0.15) is 5.76 Å². The molecule has 1 aromatic carbocycles. The van der Waals surface area contributed by atoms with E-state index in [1.807, 2.05) is 12.1 Å². The minimum atomic E-state index is 0.346. The van der Waals surface area contributed by atoms with Crippen LogP contribution in [-0.2, 0) is 6.54 Å². The largest absolute Gasteiger partial charge is 0.467 e. The Labute approximate surface area is 135 Å². The highest BCUT2D eigenvalue weighted by Gasteiger charge is 2.12. The fraction of sp³-hybridized carbons (Fsp3) is 0.412. The van der Waals surface area contributed by atoms with Crippen molar-refractivity contribution in [2.75, 3.05) is 18.0 Å². The molecule has 2 aromatic rings. The van der Waals surface area contributed by atoms with Gasteiger partial charge >= 0.3 is 0 Å². The van der Waals surface area contributed by atoms with E-state index in [4.69, 9.17) is 4.42 Å². The van der Waals surface area contributed by atoms with E-state index in [-0.39, 0.29) is 0 Å². The van der Waals surface area contributed by atoms with Crippen LogP contribution in [0.4, 0.5) is 5.69 Å². The second-order valence-corrected chi connectivity index (χ2v) is 5.93. The lowest BCUT2D eigenvalue weighted by atomic mass is 10.1. The Kier molecular flexibility index (Phi) is 5.88. The molecule has 0 amide bonds. The van der Waals surface area contributed by atoms with Gasteiger partial charge in [-0.2, -0.15) is 0 Å². The normalized spacial score (nSPS) is 12.4. The van der Waals surface area contributed by atoms with Crippen molar-refractivity contribution in [3.05, 3.63) is 52.4 Å². The third-order valence-corrected chi connectivity index (χ3v) is 4.32. The summed E-state index contributed by atoms with van der Waals surface area (Å²) in [4.78, 5) is 2.30. The molecule has 1 aromatic heterocycles. The highest BCUT2D eigenvalue weighted by Crippen LogP contribution is 2.29. The Bertz CT molecular complexity index is 554. The van der Waals surface area contributed by atoms with E-state index in [0.29, 0.717) is 6.04 Å². The van der Waals surface area contributed by atoms with Gasteiger partial charge in [0.25, 0.3) is 0 Å². The zero-order chi connectivity index (χ0) is 15.2. The summed E-state index contributed by atoms with van der Waals surface area (Å²) in [5.74, 6) is 0.984. The SMILES string of the molecule is CCNC(C)c1ccc(N(CC)Cc2ccco2)cc1Br. The molecule has 1 atom stereocenters. The molecule has 0 aliphatic carbocycles. The van der Waals surface area contributed by atoms with E-state index in [1.54, 1.807) is 6.26 Å². The van der Waals surface area contributed by atoms with Gasteiger partial charge in [0.2, 0.25) is 0 Å². The molecule has 1 heterocycles. The zero-order valence-electron chi connectivity index (χ0n) is 12.9. The Hall–Kier alpha value is -1.26. The highest BCUT2D eigenvalue weighted by molar-refractivity contribution is 9.10. The molecule has 4 heteroatoms. The van der Waals surface area contributed by atoms with Gasteiger partial charge in [0, 0.05) is 22.7 Å². The minimum Gasteiger partial charge on any atom is -0.467 e. The second kappa shape index (κ2) is 7.66. The lowest BCUT2D eigenvalue weighted by molar-refractivity contribution is 0.503. The molecule has 0 bridgehead atoms. The maximum atomic E-state index is 5.45. The average Bonchev–Trinajstić information content (AvgIpc) is 2.97. The molecule has 0 aliphatic heterocycles. The summed E-state index contributed by atoms with van der Waals surface area (Å²) in [5.41, 5.74) is 2.49. The summed E-state index contributed by atoms with van der Waals surface area (Å²) < 4.78 is 6.59. The van der Waals surface area contributed by atoms with Gasteiger partial charge in [-0.15, -0.1) is 0 Å². The van der Waals surface area contributed by atoms with Crippen LogP contribution in [0.5, 0.6) is 0 Å². The summed E-state index contributed by atoms with van der Waals surface area (Å²) in [6.07, 6.45) is 1.72. The van der Waals surface area contributed by atoms with Gasteiger partial charge in [0.05, 0.1) is 12.8 Å². The van der Waals surface area contributed by atoms with Crippen LogP contribution in [0, 0.1) is 0 Å². The van der Waals surface area contributed by atoms with Gasteiger partial charge < -0.3 is 14.6 Å². The first-order valence-corrected chi connectivity index (χ1v) is 8.25. The maximum absolute atomic E-state index is 5.45. The topological polar surface area (TPSA) is 28.4 Å². The number of furan rings is 1. The molecule has 2 rings (SSSR count). The third kappa shape index (κ3) is 4.11. The first kappa shape index (κ1) is 16.1. The molecule has 1 N–H and O–H groups in total. The number of benzene rings is 1. The number of halogens is 1.